The lowest BCUT2D eigenvalue weighted by molar-refractivity contribution is -0.149. The average Bonchev–Trinajstić information content (AvgIpc) is 1.70. The Morgan fingerprint density at radius 1 is 0.584 bits per heavy atom. The summed E-state index contributed by atoms with van der Waals surface area (Å²) in [6.45, 7) is 13.1. The van der Waals surface area contributed by atoms with Crippen molar-refractivity contribution >= 4 is 67.1 Å². The fourth-order valence-corrected chi connectivity index (χ4v) is 12.6. The predicted octanol–water partition coefficient (Wildman–Crippen LogP) is 8.20. The van der Waals surface area contributed by atoms with Crippen molar-refractivity contribution < 1.29 is 70.5 Å². The average molecular weight is 1270 g/mol. The van der Waals surface area contributed by atoms with Crippen molar-refractivity contribution in [3.63, 3.8) is 0 Å². The molecule has 4 aromatic heterocycles. The lowest BCUT2D eigenvalue weighted by Crippen LogP contribution is -2.36. The van der Waals surface area contributed by atoms with Crippen LogP contribution in [0, 0.1) is 0 Å². The molecule has 28 nitrogen and oxygen atoms in total. The van der Waals surface area contributed by atoms with Crippen LogP contribution < -0.4 is 50.6 Å². The number of nitrogen functional groups attached to an aromatic ring is 2. The van der Waals surface area contributed by atoms with Gasteiger partial charge in [-0.2, -0.15) is 24.9 Å². The number of aromatic amines is 1. The normalized spacial score (nSPS) is 13.3. The van der Waals surface area contributed by atoms with E-state index in [0.717, 1.165) is 5.56 Å². The Morgan fingerprint density at radius 3 is 1.52 bits per heavy atom. The van der Waals surface area contributed by atoms with E-state index in [-0.39, 0.29) is 104 Å². The largest absolute Gasteiger partial charge is 0.516 e. The van der Waals surface area contributed by atoms with Gasteiger partial charge in [0.15, 0.2) is 28.4 Å². The van der Waals surface area contributed by atoms with Crippen molar-refractivity contribution in [3.05, 3.63) is 142 Å². The van der Waals surface area contributed by atoms with E-state index >= 15 is 0 Å². The number of nitrogens with two attached hydrogens (primary N) is 2. The summed E-state index contributed by atoms with van der Waals surface area (Å²) in [6, 6.07) is 29.9. The van der Waals surface area contributed by atoms with Gasteiger partial charge in [0, 0.05) is 14.2 Å². The smallest absolute Gasteiger partial charge is 0.462 e. The summed E-state index contributed by atoms with van der Waals surface area (Å²) in [5.41, 5.74) is 15.5. The Morgan fingerprint density at radius 2 is 1.04 bits per heavy atom. The summed E-state index contributed by atoms with van der Waals surface area (Å²) in [6.07, 6.45) is -1.74. The first-order chi connectivity index (χ1) is 42.6. The Balaban J connectivity index is 0.000000255. The number of para-hydroxylation sites is 2. The van der Waals surface area contributed by atoms with Gasteiger partial charge >= 0.3 is 56.9 Å². The molecule has 4 heterocycles. The Labute approximate surface area is 513 Å². The van der Waals surface area contributed by atoms with Crippen molar-refractivity contribution in [2.75, 3.05) is 58.7 Å². The van der Waals surface area contributed by atoms with Crippen molar-refractivity contribution in [2.45, 2.75) is 98.2 Å². The Bertz CT molecular complexity index is 3830. The van der Waals surface area contributed by atoms with Gasteiger partial charge in [0.25, 0.3) is 0 Å². The number of aromatic nitrogens is 8. The molecule has 0 saturated heterocycles. The maximum Gasteiger partial charge on any atom is 0.516 e. The molecule has 8 rings (SSSR count). The molecule has 0 amide bonds. The molecular weight excluding hydrogens is 1190 g/mol. The molecule has 30 heteroatoms. The van der Waals surface area contributed by atoms with Crippen LogP contribution in [0.4, 0.5) is 16.4 Å². The van der Waals surface area contributed by atoms with Gasteiger partial charge in [0.2, 0.25) is 0 Å². The number of hydrogen-bond acceptors (Lipinski definition) is 23. The van der Waals surface area contributed by atoms with Gasteiger partial charge in [-0.25, -0.2) is 19.8 Å². The summed E-state index contributed by atoms with van der Waals surface area (Å²) < 4.78 is 85.3. The number of H-pyrrole nitrogens is 1. The highest BCUT2D eigenvalue weighted by Crippen LogP contribution is 2.48. The minimum atomic E-state index is -3.73. The zero-order valence-corrected chi connectivity index (χ0v) is 52.6. The van der Waals surface area contributed by atoms with E-state index < -0.39 is 50.9 Å². The fourth-order valence-electron chi connectivity index (χ4n) is 8.54. The number of nitrogens with zero attached hydrogens (tertiary/aromatic N) is 7. The molecule has 7 N–H and O–H groups in total. The number of imidazole rings is 2. The van der Waals surface area contributed by atoms with E-state index in [9.17, 15) is 28.3 Å². The summed E-state index contributed by atoms with van der Waals surface area (Å²) in [7, 11) is -4.32. The Kier molecular flexibility index (Phi) is 24.2. The number of carbonyl (C=O) groups excluding carboxylic acids is 3. The molecule has 4 atom stereocenters. The van der Waals surface area contributed by atoms with Crippen LogP contribution in [-0.2, 0) is 67.8 Å². The molecule has 0 radical (unpaired) electrons. The molecule has 476 valence electrons. The molecule has 0 fully saturated rings. The van der Waals surface area contributed by atoms with E-state index in [1.54, 1.807) is 134 Å². The Hall–Kier alpha value is -8.91. The molecule has 0 aliphatic carbocycles. The molecule has 0 aliphatic heterocycles. The maximum atomic E-state index is 14.3. The van der Waals surface area contributed by atoms with Crippen LogP contribution >= 0.6 is 15.0 Å². The van der Waals surface area contributed by atoms with Crippen molar-refractivity contribution in [1.29, 1.82) is 0 Å². The van der Waals surface area contributed by atoms with Crippen molar-refractivity contribution in [1.82, 2.24) is 49.2 Å². The highest BCUT2D eigenvalue weighted by molar-refractivity contribution is 7.56. The van der Waals surface area contributed by atoms with E-state index in [2.05, 4.69) is 40.1 Å². The molecular formula is C59H74N12O16P2. The molecule has 0 bridgehead atoms. The van der Waals surface area contributed by atoms with Gasteiger partial charge in [-0.1, -0.05) is 84.9 Å². The topological polar surface area (TPSA) is 361 Å². The van der Waals surface area contributed by atoms with E-state index in [0.29, 0.717) is 46.9 Å². The van der Waals surface area contributed by atoms with Gasteiger partial charge in [-0.05, 0) is 95.0 Å². The van der Waals surface area contributed by atoms with Crippen LogP contribution in [0.2, 0.25) is 0 Å². The van der Waals surface area contributed by atoms with Crippen molar-refractivity contribution in [3.8, 4) is 29.5 Å². The van der Waals surface area contributed by atoms with Crippen LogP contribution in [0.25, 0.3) is 22.3 Å². The molecule has 8 aromatic rings. The van der Waals surface area contributed by atoms with E-state index in [1.165, 1.54) is 16.2 Å². The summed E-state index contributed by atoms with van der Waals surface area (Å²) in [4.78, 5) is 74.4. The number of methoxy groups -OCH3 is 2. The summed E-state index contributed by atoms with van der Waals surface area (Å²) >= 11 is 0. The second-order valence-corrected chi connectivity index (χ2v) is 24.6. The first-order valence-electron chi connectivity index (χ1n) is 28.2. The molecule has 0 saturated carbocycles. The lowest BCUT2D eigenvalue weighted by Gasteiger charge is -2.24. The number of ether oxygens (including phenoxy) is 8. The minimum absolute atomic E-state index is 0.0128. The monoisotopic (exact) mass is 1270 g/mol. The summed E-state index contributed by atoms with van der Waals surface area (Å²) in [5.74, 6) is -0.249. The van der Waals surface area contributed by atoms with Crippen LogP contribution in [0.5, 0.6) is 29.5 Å². The first kappa shape index (κ1) is 67.6. The zero-order chi connectivity index (χ0) is 64.3. The van der Waals surface area contributed by atoms with Crippen LogP contribution in [-0.4, -0.2) is 129 Å². The van der Waals surface area contributed by atoms with Crippen LogP contribution in [0.15, 0.2) is 114 Å². The third kappa shape index (κ3) is 19.8. The van der Waals surface area contributed by atoms with Gasteiger partial charge in [-0.3, -0.25) is 27.9 Å². The highest BCUT2D eigenvalue weighted by atomic mass is 31.2. The molecule has 4 aromatic carbocycles. The van der Waals surface area contributed by atoms with E-state index in [1.807, 2.05) is 30.3 Å². The SMILES string of the molecule is CCOC(=O)Oc1nc2c(N)nc(OCCOC)nc2n1Cc1cccc(CP(=O)(N[C@@H](C)C(=O)OC(C)C)Oc2ccccc2)c1.COCCOc1nc(N)c2[nH]c(=O)n(Cc3cccc(CP(=O)(N[C@@H](C)C(=O)OC(C)C)Oc4ccccc4)c3)c2n1. The second kappa shape index (κ2) is 31.8. The first-order valence-corrected chi connectivity index (χ1v) is 31.9. The number of esters is 2. The fraction of sp³-hybridized carbons (Fsp3) is 0.373. The van der Waals surface area contributed by atoms with Gasteiger partial charge < -0.3 is 63.4 Å². The predicted molar refractivity (Wildman–Crippen MR) is 330 cm³/mol. The number of hydrogen-bond donors (Lipinski definition) is 5. The zero-order valence-electron chi connectivity index (χ0n) is 50.8. The minimum Gasteiger partial charge on any atom is -0.462 e. The molecule has 89 heavy (non-hydrogen) atoms. The van der Waals surface area contributed by atoms with Crippen molar-refractivity contribution in [2.24, 2.45) is 0 Å². The van der Waals surface area contributed by atoms with Crippen LogP contribution in [0.1, 0.15) is 70.7 Å². The lowest BCUT2D eigenvalue weighted by atomic mass is 10.1. The number of nitrogens with one attached hydrogen (secondary N) is 3. The summed E-state index contributed by atoms with van der Waals surface area (Å²) in [5, 5.41) is 5.75. The quantitative estimate of drug-likeness (QED) is 0.0122. The third-order valence-corrected chi connectivity index (χ3v) is 16.4. The third-order valence-electron chi connectivity index (χ3n) is 12.3. The molecule has 0 spiro atoms. The van der Waals surface area contributed by atoms with Gasteiger partial charge in [0.1, 0.15) is 42.3 Å². The number of fused-ring (bicyclic) bond motifs is 2. The number of benzene rings is 4. The molecule has 2 unspecified atom stereocenters. The molecule has 0 aliphatic rings. The van der Waals surface area contributed by atoms with Gasteiger partial charge in [0.05, 0.1) is 57.4 Å². The van der Waals surface area contributed by atoms with E-state index in [4.69, 9.17) is 58.4 Å². The number of carbonyl (C=O) groups is 3. The second-order valence-electron chi connectivity index (χ2n) is 20.4. The maximum absolute atomic E-state index is 14.3. The number of anilines is 2. The highest BCUT2D eigenvalue weighted by Gasteiger charge is 2.33. The standard InChI is InChI=1S/C31H39N6O9P.C28H35N6O7P/c1-6-42-31(39)45-30-33-25-26(32)34-29(43-16-15-41-5)35-27(25)37(30)18-22-11-10-12-23(17-22)19-47(40,46-24-13-8-7-9-14-24)36-21(4)28(38)44-20(2)3;1-18(2)40-26(35)19(3)33-42(37,41-22-11-6-5-7-12-22)17-21-10-8-9-20(15-21)16-34-25-23(30-28(34)36)24(29)31-27(32-25)39-14-13-38-4/h7-14,17,20-21H,6,15-16,18-19H2,1-5H3,(H,36,40)(H2,32,34,35);5-12,15,18-19H,13-14,16-17H2,1-4H3,(H,30,36)(H,33,37)(H2,29,31,32)/t21-,47?;19-,42?/m00/s1. The van der Waals surface area contributed by atoms with Crippen LogP contribution in [0.3, 0.4) is 0 Å². The van der Waals surface area contributed by atoms with Gasteiger partial charge in [-0.15, -0.1) is 0 Å². The number of rotatable bonds is 30.